The summed E-state index contributed by atoms with van der Waals surface area (Å²) in [5.74, 6) is 0.0711. The van der Waals surface area contributed by atoms with Crippen molar-refractivity contribution < 1.29 is 14.3 Å². The number of carbonyl (C=O) groups is 1. The van der Waals surface area contributed by atoms with Gasteiger partial charge < -0.3 is 14.8 Å². The van der Waals surface area contributed by atoms with Gasteiger partial charge in [0.2, 0.25) is 0 Å². The molecule has 24 heavy (non-hydrogen) atoms. The van der Waals surface area contributed by atoms with Crippen molar-refractivity contribution in [2.75, 3.05) is 19.5 Å². The molecular weight excluding hydrogens is 351 g/mol. The van der Waals surface area contributed by atoms with E-state index in [1.54, 1.807) is 25.3 Å². The van der Waals surface area contributed by atoms with Crippen molar-refractivity contribution in [2.45, 2.75) is 6.54 Å². The summed E-state index contributed by atoms with van der Waals surface area (Å²) >= 11 is 12.1. The highest BCUT2D eigenvalue weighted by Crippen LogP contribution is 2.28. The van der Waals surface area contributed by atoms with E-state index >= 15 is 0 Å². The number of anilines is 1. The second kappa shape index (κ2) is 8.04. The van der Waals surface area contributed by atoms with E-state index in [9.17, 15) is 4.79 Å². The monoisotopic (exact) mass is 366 g/mol. The Labute approximate surface area is 150 Å². The third-order valence-corrected chi connectivity index (χ3v) is 3.83. The van der Waals surface area contributed by atoms with E-state index in [1.807, 2.05) is 6.07 Å². The lowest BCUT2D eigenvalue weighted by atomic mass is 10.1. The Balaban J connectivity index is 2.23. The molecule has 126 valence electrons. The Morgan fingerprint density at radius 2 is 2.04 bits per heavy atom. The topological polar surface area (TPSA) is 60.5 Å². The van der Waals surface area contributed by atoms with Gasteiger partial charge in [-0.15, -0.1) is 0 Å². The number of hydrogen-bond acceptors (Lipinski definition) is 5. The number of ether oxygens (including phenoxy) is 2. The molecule has 0 unspecified atom stereocenters. The molecule has 0 atom stereocenters. The summed E-state index contributed by atoms with van der Waals surface area (Å²) in [6.45, 7) is 4.21. The fraction of sp³-hybridized carbons (Fsp3) is 0.176. The first-order chi connectivity index (χ1) is 11.5. The zero-order valence-corrected chi connectivity index (χ0v) is 14.7. The van der Waals surface area contributed by atoms with Crippen molar-refractivity contribution in [1.82, 2.24) is 4.98 Å². The number of carbonyl (C=O) groups excluding carboxylic acids is 1. The van der Waals surface area contributed by atoms with Crippen LogP contribution in [0.5, 0.6) is 5.75 Å². The minimum absolute atomic E-state index is 0.192. The Morgan fingerprint density at radius 1 is 1.29 bits per heavy atom. The molecule has 0 aliphatic carbocycles. The molecule has 2 rings (SSSR count). The average Bonchev–Trinajstić information content (AvgIpc) is 2.58. The molecule has 0 amide bonds. The van der Waals surface area contributed by atoms with Crippen molar-refractivity contribution in [3.05, 3.63) is 58.3 Å². The van der Waals surface area contributed by atoms with Gasteiger partial charge in [0.15, 0.2) is 0 Å². The predicted octanol–water partition coefficient (Wildman–Crippen LogP) is 4.20. The minimum Gasteiger partial charge on any atom is -0.495 e. The van der Waals surface area contributed by atoms with Gasteiger partial charge in [0.25, 0.3) is 0 Å². The molecule has 1 aromatic carbocycles. The number of hydrogen-bond donors (Lipinski definition) is 1. The van der Waals surface area contributed by atoms with Crippen LogP contribution in [0.25, 0.3) is 5.57 Å². The van der Waals surface area contributed by atoms with Gasteiger partial charge in [-0.3, -0.25) is 0 Å². The summed E-state index contributed by atoms with van der Waals surface area (Å²) in [4.78, 5) is 15.7. The summed E-state index contributed by atoms with van der Waals surface area (Å²) < 4.78 is 9.82. The van der Waals surface area contributed by atoms with E-state index in [0.29, 0.717) is 33.7 Å². The van der Waals surface area contributed by atoms with Crippen molar-refractivity contribution in [3.8, 4) is 5.75 Å². The highest BCUT2D eigenvalue weighted by atomic mass is 35.5. The molecule has 0 bridgehead atoms. The van der Waals surface area contributed by atoms with E-state index in [1.165, 1.54) is 13.3 Å². The number of benzene rings is 1. The fourth-order valence-electron chi connectivity index (χ4n) is 2.07. The van der Waals surface area contributed by atoms with Crippen LogP contribution in [0.3, 0.4) is 0 Å². The van der Waals surface area contributed by atoms with Crippen LogP contribution in [0.4, 0.5) is 5.69 Å². The molecule has 0 aliphatic heterocycles. The molecule has 0 aliphatic rings. The summed E-state index contributed by atoms with van der Waals surface area (Å²) in [6.07, 6.45) is 1.48. The summed E-state index contributed by atoms with van der Waals surface area (Å²) in [5, 5.41) is 4.02. The lowest BCUT2D eigenvalue weighted by Gasteiger charge is -2.13. The van der Waals surface area contributed by atoms with Crippen LogP contribution in [0.15, 0.2) is 37.0 Å². The second-order valence-electron chi connectivity index (χ2n) is 4.85. The standard InChI is InChI=1S/C17H16Cl2N2O3/c1-10(17(22)24-3)12-9-21-16(19)7-14(12)20-8-11-4-5-15(23-2)13(18)6-11/h4-7,9H,1,8H2,2-3H3,(H,20,21). The molecule has 0 fully saturated rings. The van der Waals surface area contributed by atoms with Crippen molar-refractivity contribution >= 4 is 40.4 Å². The maximum Gasteiger partial charge on any atom is 0.337 e. The number of esters is 1. The van der Waals surface area contributed by atoms with Crippen LogP contribution in [0, 0.1) is 0 Å². The lowest BCUT2D eigenvalue weighted by Crippen LogP contribution is -2.08. The van der Waals surface area contributed by atoms with E-state index in [0.717, 1.165) is 5.56 Å². The van der Waals surface area contributed by atoms with Crippen LogP contribution in [-0.4, -0.2) is 25.2 Å². The zero-order chi connectivity index (χ0) is 17.7. The van der Waals surface area contributed by atoms with Gasteiger partial charge in [-0.25, -0.2) is 9.78 Å². The zero-order valence-electron chi connectivity index (χ0n) is 13.2. The summed E-state index contributed by atoms with van der Waals surface area (Å²) in [6, 6.07) is 7.09. The van der Waals surface area contributed by atoms with Crippen molar-refractivity contribution in [2.24, 2.45) is 0 Å². The predicted molar refractivity (Wildman–Crippen MR) is 95.6 cm³/mol. The third kappa shape index (κ3) is 4.19. The molecular formula is C17H16Cl2N2O3. The van der Waals surface area contributed by atoms with Gasteiger partial charge in [-0.1, -0.05) is 35.8 Å². The number of nitrogens with zero attached hydrogens (tertiary/aromatic N) is 1. The Hall–Kier alpha value is -2.24. The third-order valence-electron chi connectivity index (χ3n) is 3.33. The van der Waals surface area contributed by atoms with Crippen LogP contribution < -0.4 is 10.1 Å². The van der Waals surface area contributed by atoms with E-state index in [4.69, 9.17) is 32.7 Å². The quantitative estimate of drug-likeness (QED) is 0.471. The van der Waals surface area contributed by atoms with Gasteiger partial charge in [0, 0.05) is 24.0 Å². The fourth-order valence-corrected chi connectivity index (χ4v) is 2.51. The van der Waals surface area contributed by atoms with Gasteiger partial charge in [-0.05, 0) is 23.8 Å². The first-order valence-electron chi connectivity index (χ1n) is 6.95. The smallest absolute Gasteiger partial charge is 0.337 e. The second-order valence-corrected chi connectivity index (χ2v) is 5.64. The first kappa shape index (κ1) is 18.1. The Kier molecular flexibility index (Phi) is 6.06. The first-order valence-corrected chi connectivity index (χ1v) is 7.71. The number of pyridine rings is 1. The van der Waals surface area contributed by atoms with Gasteiger partial charge in [0.05, 0.1) is 24.8 Å². The highest BCUT2D eigenvalue weighted by Gasteiger charge is 2.15. The number of rotatable bonds is 6. The van der Waals surface area contributed by atoms with Crippen LogP contribution in [-0.2, 0) is 16.1 Å². The Morgan fingerprint density at radius 3 is 2.67 bits per heavy atom. The van der Waals surface area contributed by atoms with Crippen LogP contribution in [0.1, 0.15) is 11.1 Å². The van der Waals surface area contributed by atoms with Gasteiger partial charge in [0.1, 0.15) is 10.9 Å². The molecule has 1 heterocycles. The molecule has 0 radical (unpaired) electrons. The van der Waals surface area contributed by atoms with Crippen molar-refractivity contribution in [1.29, 1.82) is 0 Å². The number of aromatic nitrogens is 1. The molecule has 1 N–H and O–H groups in total. The van der Waals surface area contributed by atoms with E-state index < -0.39 is 5.97 Å². The molecule has 7 heteroatoms. The maximum atomic E-state index is 11.7. The highest BCUT2D eigenvalue weighted by molar-refractivity contribution is 6.32. The van der Waals surface area contributed by atoms with E-state index in [2.05, 4.69) is 16.9 Å². The SMILES string of the molecule is C=C(C(=O)OC)c1cnc(Cl)cc1NCc1ccc(OC)c(Cl)c1. The number of methoxy groups -OCH3 is 2. The number of halogens is 2. The molecule has 0 spiro atoms. The van der Waals surface area contributed by atoms with Crippen LogP contribution in [0.2, 0.25) is 10.2 Å². The largest absolute Gasteiger partial charge is 0.495 e. The summed E-state index contributed by atoms with van der Waals surface area (Å²) in [7, 11) is 2.85. The average molecular weight is 367 g/mol. The Bertz CT molecular complexity index is 778. The van der Waals surface area contributed by atoms with Crippen LogP contribution >= 0.6 is 23.2 Å². The van der Waals surface area contributed by atoms with Crippen molar-refractivity contribution in [3.63, 3.8) is 0 Å². The summed E-state index contributed by atoms with van der Waals surface area (Å²) in [5.41, 5.74) is 2.27. The molecule has 0 saturated carbocycles. The molecule has 0 saturated heterocycles. The number of nitrogens with one attached hydrogen (secondary N) is 1. The molecule has 1 aromatic heterocycles. The lowest BCUT2D eigenvalue weighted by molar-refractivity contribution is -0.133. The van der Waals surface area contributed by atoms with Gasteiger partial charge >= 0.3 is 5.97 Å². The van der Waals surface area contributed by atoms with Gasteiger partial charge in [-0.2, -0.15) is 0 Å². The molecule has 2 aromatic rings. The minimum atomic E-state index is -0.533. The normalized spacial score (nSPS) is 10.2. The molecule has 5 nitrogen and oxygen atoms in total. The maximum absolute atomic E-state index is 11.7. The van der Waals surface area contributed by atoms with E-state index in [-0.39, 0.29) is 5.57 Å².